The van der Waals surface area contributed by atoms with Crippen molar-refractivity contribution in [3.05, 3.63) is 29.3 Å². The van der Waals surface area contributed by atoms with Gasteiger partial charge in [-0.2, -0.15) is 0 Å². The summed E-state index contributed by atoms with van der Waals surface area (Å²) in [5.41, 5.74) is 4.67. The van der Waals surface area contributed by atoms with Crippen LogP contribution >= 0.6 is 0 Å². The van der Waals surface area contributed by atoms with Crippen molar-refractivity contribution >= 4 is 0 Å². The van der Waals surface area contributed by atoms with Gasteiger partial charge < -0.3 is 5.11 Å². The maximum absolute atomic E-state index is 9.54. The van der Waals surface area contributed by atoms with E-state index in [1.54, 1.807) is 6.07 Å². The van der Waals surface area contributed by atoms with Gasteiger partial charge in [0.1, 0.15) is 5.75 Å². The van der Waals surface area contributed by atoms with E-state index in [-0.39, 0.29) is 6.04 Å². The molecule has 0 saturated heterocycles. The molecule has 0 aliphatic heterocycles. The van der Waals surface area contributed by atoms with Gasteiger partial charge in [-0.05, 0) is 25.0 Å². The van der Waals surface area contributed by atoms with Crippen LogP contribution in [-0.4, -0.2) is 5.11 Å². The van der Waals surface area contributed by atoms with Crippen molar-refractivity contribution < 1.29 is 5.11 Å². The summed E-state index contributed by atoms with van der Waals surface area (Å²) in [6.07, 6.45) is 0.963. The number of phenols is 1. The summed E-state index contributed by atoms with van der Waals surface area (Å²) < 4.78 is 0. The van der Waals surface area contributed by atoms with Crippen LogP contribution in [0.2, 0.25) is 0 Å². The molecular formula is C10H16N2O. The van der Waals surface area contributed by atoms with Crippen LogP contribution in [0.5, 0.6) is 5.75 Å². The van der Waals surface area contributed by atoms with Gasteiger partial charge in [-0.25, -0.2) is 0 Å². The smallest absolute Gasteiger partial charge is 0.120 e. The lowest BCUT2D eigenvalue weighted by Gasteiger charge is -2.13. The van der Waals surface area contributed by atoms with Crippen LogP contribution in [0, 0.1) is 0 Å². The van der Waals surface area contributed by atoms with Gasteiger partial charge in [-0.3, -0.25) is 11.3 Å². The zero-order valence-corrected chi connectivity index (χ0v) is 8.04. The van der Waals surface area contributed by atoms with E-state index in [1.807, 2.05) is 19.1 Å². The number of benzene rings is 1. The molecule has 0 aliphatic carbocycles. The predicted octanol–water partition coefficient (Wildman–Crippen LogP) is 1.48. The first-order valence-corrected chi connectivity index (χ1v) is 4.47. The zero-order chi connectivity index (χ0) is 9.84. The number of phenolic OH excluding ortho intramolecular Hbond substituents is 1. The molecule has 3 heteroatoms. The Balaban J connectivity index is 3.03. The number of nitrogens with two attached hydrogens (primary N) is 1. The fourth-order valence-electron chi connectivity index (χ4n) is 1.26. The van der Waals surface area contributed by atoms with Crippen molar-refractivity contribution in [2.75, 3.05) is 0 Å². The third kappa shape index (κ3) is 2.20. The lowest BCUT2D eigenvalue weighted by molar-refractivity contribution is 0.454. The molecule has 0 radical (unpaired) electrons. The fourth-order valence-corrected chi connectivity index (χ4v) is 1.26. The number of rotatable bonds is 3. The molecule has 1 rings (SSSR count). The molecule has 13 heavy (non-hydrogen) atoms. The molecule has 0 heterocycles. The van der Waals surface area contributed by atoms with E-state index < -0.39 is 0 Å². The zero-order valence-electron chi connectivity index (χ0n) is 8.04. The summed E-state index contributed by atoms with van der Waals surface area (Å²) in [5.74, 6) is 5.60. The van der Waals surface area contributed by atoms with E-state index in [0.717, 1.165) is 12.0 Å². The van der Waals surface area contributed by atoms with E-state index in [0.29, 0.717) is 5.75 Å². The van der Waals surface area contributed by atoms with Gasteiger partial charge in [-0.1, -0.05) is 19.1 Å². The highest BCUT2D eigenvalue weighted by Crippen LogP contribution is 2.24. The van der Waals surface area contributed by atoms with Crippen molar-refractivity contribution in [2.24, 2.45) is 5.84 Å². The molecule has 4 N–H and O–H groups in total. The van der Waals surface area contributed by atoms with Crippen molar-refractivity contribution in [3.8, 4) is 5.75 Å². The maximum Gasteiger partial charge on any atom is 0.120 e. The molecule has 1 unspecified atom stereocenters. The first kappa shape index (κ1) is 10.0. The molecule has 1 aromatic carbocycles. The monoisotopic (exact) mass is 180 g/mol. The van der Waals surface area contributed by atoms with Crippen molar-refractivity contribution in [3.63, 3.8) is 0 Å². The van der Waals surface area contributed by atoms with Crippen LogP contribution in [0.15, 0.2) is 18.2 Å². The number of hydrogen-bond donors (Lipinski definition) is 3. The molecule has 0 aliphatic rings. The highest BCUT2D eigenvalue weighted by Gasteiger charge is 2.08. The predicted molar refractivity (Wildman–Crippen MR) is 53.2 cm³/mol. The Bertz CT molecular complexity index is 286. The van der Waals surface area contributed by atoms with Crippen LogP contribution in [-0.2, 0) is 6.42 Å². The Morgan fingerprint density at radius 2 is 2.23 bits per heavy atom. The van der Waals surface area contributed by atoms with Gasteiger partial charge in [0.2, 0.25) is 0 Å². The second-order valence-corrected chi connectivity index (χ2v) is 3.14. The standard InChI is InChI=1S/C10H16N2O/c1-3-8-4-5-10(13)9(6-8)7(2)12-11/h4-7,12-13H,3,11H2,1-2H3. The largest absolute Gasteiger partial charge is 0.508 e. The molecule has 0 bridgehead atoms. The minimum atomic E-state index is -0.0218. The van der Waals surface area contributed by atoms with E-state index >= 15 is 0 Å². The van der Waals surface area contributed by atoms with E-state index in [4.69, 9.17) is 5.84 Å². The third-order valence-electron chi connectivity index (χ3n) is 2.22. The molecule has 0 fully saturated rings. The van der Waals surface area contributed by atoms with Crippen molar-refractivity contribution in [2.45, 2.75) is 26.3 Å². The minimum Gasteiger partial charge on any atom is -0.508 e. The van der Waals surface area contributed by atoms with Gasteiger partial charge in [0.15, 0.2) is 0 Å². The summed E-state index contributed by atoms with van der Waals surface area (Å²) in [5, 5.41) is 9.54. The lowest BCUT2D eigenvalue weighted by atomic mass is 10.0. The first-order valence-electron chi connectivity index (χ1n) is 4.47. The SMILES string of the molecule is CCc1ccc(O)c(C(C)NN)c1. The van der Waals surface area contributed by atoms with Crippen LogP contribution in [0.1, 0.15) is 31.0 Å². The Hall–Kier alpha value is -1.06. The Labute approximate surface area is 78.5 Å². The molecule has 0 saturated carbocycles. The molecule has 0 amide bonds. The number of aryl methyl sites for hydroxylation is 1. The summed E-state index contributed by atoms with van der Waals surface area (Å²) in [6.45, 7) is 3.99. The Morgan fingerprint density at radius 1 is 1.54 bits per heavy atom. The molecule has 1 aromatic rings. The average Bonchev–Trinajstić information content (AvgIpc) is 2.17. The highest BCUT2D eigenvalue weighted by atomic mass is 16.3. The quantitative estimate of drug-likeness (QED) is 0.488. The maximum atomic E-state index is 9.54. The van der Waals surface area contributed by atoms with Crippen molar-refractivity contribution in [1.29, 1.82) is 0 Å². The topological polar surface area (TPSA) is 58.3 Å². The van der Waals surface area contributed by atoms with Gasteiger partial charge >= 0.3 is 0 Å². The molecule has 0 spiro atoms. The normalized spacial score (nSPS) is 12.8. The molecule has 72 valence electrons. The summed E-state index contributed by atoms with van der Waals surface area (Å²) >= 11 is 0. The summed E-state index contributed by atoms with van der Waals surface area (Å²) in [6, 6.07) is 5.58. The average molecular weight is 180 g/mol. The van der Waals surface area contributed by atoms with Crippen LogP contribution < -0.4 is 11.3 Å². The van der Waals surface area contributed by atoms with Crippen molar-refractivity contribution in [1.82, 2.24) is 5.43 Å². The number of aromatic hydroxyl groups is 1. The first-order chi connectivity index (χ1) is 6.19. The molecule has 1 atom stereocenters. The molecular weight excluding hydrogens is 164 g/mol. The number of nitrogens with one attached hydrogen (secondary N) is 1. The van der Waals surface area contributed by atoms with Gasteiger partial charge in [0.25, 0.3) is 0 Å². The summed E-state index contributed by atoms with van der Waals surface area (Å²) in [7, 11) is 0. The van der Waals surface area contributed by atoms with E-state index in [2.05, 4.69) is 12.3 Å². The Morgan fingerprint density at radius 3 is 2.77 bits per heavy atom. The highest BCUT2D eigenvalue weighted by molar-refractivity contribution is 5.38. The van der Waals surface area contributed by atoms with Crippen LogP contribution in [0.4, 0.5) is 0 Å². The van der Waals surface area contributed by atoms with Gasteiger partial charge in [0.05, 0.1) is 0 Å². The lowest BCUT2D eigenvalue weighted by Crippen LogP contribution is -2.25. The second kappa shape index (κ2) is 4.25. The van der Waals surface area contributed by atoms with E-state index in [1.165, 1.54) is 5.56 Å². The van der Waals surface area contributed by atoms with Gasteiger partial charge in [-0.15, -0.1) is 0 Å². The number of hydrazine groups is 1. The number of hydrogen-bond acceptors (Lipinski definition) is 3. The minimum absolute atomic E-state index is 0.0218. The second-order valence-electron chi connectivity index (χ2n) is 3.14. The Kier molecular flexibility index (Phi) is 3.28. The van der Waals surface area contributed by atoms with E-state index in [9.17, 15) is 5.11 Å². The third-order valence-corrected chi connectivity index (χ3v) is 2.22. The summed E-state index contributed by atoms with van der Waals surface area (Å²) in [4.78, 5) is 0. The molecule has 3 nitrogen and oxygen atoms in total. The van der Waals surface area contributed by atoms with Gasteiger partial charge in [0, 0.05) is 11.6 Å². The van der Waals surface area contributed by atoms with Crippen LogP contribution in [0.25, 0.3) is 0 Å². The fraction of sp³-hybridized carbons (Fsp3) is 0.400. The van der Waals surface area contributed by atoms with Crippen LogP contribution in [0.3, 0.4) is 0 Å². The molecule has 0 aromatic heterocycles.